The molecule has 0 radical (unpaired) electrons. The van der Waals surface area contributed by atoms with Gasteiger partial charge in [0.25, 0.3) is 0 Å². The van der Waals surface area contributed by atoms with Crippen molar-refractivity contribution in [2.75, 3.05) is 0 Å². The highest BCUT2D eigenvalue weighted by molar-refractivity contribution is 6.22. The summed E-state index contributed by atoms with van der Waals surface area (Å²) in [4.78, 5) is 0. The number of rotatable bonds is 5. The average Bonchev–Trinajstić information content (AvgIpc) is 3.85. The summed E-state index contributed by atoms with van der Waals surface area (Å²) in [6.45, 7) is 0. The molecule has 0 N–H and O–H groups in total. The number of benzene rings is 9. The van der Waals surface area contributed by atoms with Gasteiger partial charge in [-0.2, -0.15) is 0 Å². The van der Waals surface area contributed by atoms with Crippen LogP contribution in [0.2, 0.25) is 0 Å². The first kappa shape index (κ1) is 32.8. The summed E-state index contributed by atoms with van der Waals surface area (Å²) in [5.41, 5.74) is 15.0. The Balaban J connectivity index is 1.09. The molecule has 2 heterocycles. The lowest BCUT2D eigenvalue weighted by Crippen LogP contribution is -1.96. The van der Waals surface area contributed by atoms with E-state index < -0.39 is 0 Å². The molecule has 58 heavy (non-hydrogen) atoms. The van der Waals surface area contributed by atoms with E-state index in [2.05, 4.69) is 205 Å². The number of nitrogens with zero attached hydrogens (tertiary/aromatic N) is 1. The molecular formula is C56H37NO. The van der Waals surface area contributed by atoms with Gasteiger partial charge in [-0.1, -0.05) is 170 Å². The van der Waals surface area contributed by atoms with Crippen molar-refractivity contribution >= 4 is 70.9 Å². The van der Waals surface area contributed by atoms with Gasteiger partial charge in [-0.25, -0.2) is 0 Å². The second-order valence-corrected chi connectivity index (χ2v) is 15.4. The van der Waals surface area contributed by atoms with E-state index in [0.717, 1.165) is 57.2 Å². The first-order chi connectivity index (χ1) is 28.8. The highest BCUT2D eigenvalue weighted by Gasteiger charge is 2.21. The third-order valence-electron chi connectivity index (χ3n) is 12.2. The minimum atomic E-state index is 0.929. The van der Waals surface area contributed by atoms with Gasteiger partial charge in [-0.05, 0) is 98.1 Å². The molecule has 0 saturated heterocycles. The van der Waals surface area contributed by atoms with Crippen molar-refractivity contribution in [1.82, 2.24) is 4.57 Å². The summed E-state index contributed by atoms with van der Waals surface area (Å²) in [5, 5.41) is 9.73. The van der Waals surface area contributed by atoms with Crippen molar-refractivity contribution < 1.29 is 4.42 Å². The minimum Gasteiger partial charge on any atom is -0.455 e. The van der Waals surface area contributed by atoms with Crippen LogP contribution >= 0.6 is 0 Å². The second-order valence-electron chi connectivity index (χ2n) is 15.4. The monoisotopic (exact) mass is 739 g/mol. The van der Waals surface area contributed by atoms with E-state index in [4.69, 9.17) is 4.42 Å². The molecule has 2 nitrogen and oxygen atoms in total. The summed E-state index contributed by atoms with van der Waals surface area (Å²) in [5.74, 6) is 0. The van der Waals surface area contributed by atoms with E-state index >= 15 is 0 Å². The summed E-state index contributed by atoms with van der Waals surface area (Å²) in [7, 11) is 0. The average molecular weight is 740 g/mol. The molecule has 0 unspecified atom stereocenters. The Bertz CT molecular complexity index is 3490. The fourth-order valence-electron chi connectivity index (χ4n) is 9.64. The number of para-hydroxylation sites is 3. The molecule has 12 rings (SSSR count). The van der Waals surface area contributed by atoms with Gasteiger partial charge in [-0.15, -0.1) is 0 Å². The Morgan fingerprint density at radius 3 is 1.67 bits per heavy atom. The van der Waals surface area contributed by atoms with Gasteiger partial charge >= 0.3 is 0 Å². The van der Waals surface area contributed by atoms with Crippen LogP contribution in [0.1, 0.15) is 18.4 Å². The van der Waals surface area contributed by atoms with Crippen LogP contribution in [0, 0.1) is 0 Å². The zero-order chi connectivity index (χ0) is 38.2. The molecule has 0 spiro atoms. The van der Waals surface area contributed by atoms with Gasteiger partial charge in [0.1, 0.15) is 11.2 Å². The number of fused-ring (bicyclic) bond motifs is 8. The molecule has 0 atom stereocenters. The van der Waals surface area contributed by atoms with Crippen molar-refractivity contribution in [1.29, 1.82) is 0 Å². The van der Waals surface area contributed by atoms with E-state index in [1.807, 2.05) is 0 Å². The summed E-state index contributed by atoms with van der Waals surface area (Å²) < 4.78 is 9.32. The number of hydrogen-bond donors (Lipinski definition) is 0. The van der Waals surface area contributed by atoms with Crippen LogP contribution in [0.15, 0.2) is 205 Å². The number of allylic oxidation sites excluding steroid dienone is 4. The zero-order valence-electron chi connectivity index (χ0n) is 31.8. The molecule has 2 heteroatoms. The second kappa shape index (κ2) is 13.1. The molecule has 1 aliphatic carbocycles. The van der Waals surface area contributed by atoms with Gasteiger partial charge in [-0.3, -0.25) is 0 Å². The van der Waals surface area contributed by atoms with Crippen molar-refractivity contribution in [3.05, 3.63) is 206 Å². The lowest BCUT2D eigenvalue weighted by Gasteiger charge is -2.19. The lowest BCUT2D eigenvalue weighted by atomic mass is 9.86. The smallest absolute Gasteiger partial charge is 0.143 e. The zero-order valence-corrected chi connectivity index (χ0v) is 31.8. The Kier molecular flexibility index (Phi) is 7.39. The molecule has 0 aliphatic heterocycles. The normalized spacial score (nSPS) is 13.1. The summed E-state index contributed by atoms with van der Waals surface area (Å²) >= 11 is 0. The lowest BCUT2D eigenvalue weighted by molar-refractivity contribution is 0.669. The van der Waals surface area contributed by atoms with Gasteiger partial charge in [0.2, 0.25) is 0 Å². The van der Waals surface area contributed by atoms with E-state index in [0.29, 0.717) is 0 Å². The van der Waals surface area contributed by atoms with E-state index in [1.54, 1.807) is 0 Å². The van der Waals surface area contributed by atoms with Crippen LogP contribution in [-0.4, -0.2) is 4.57 Å². The highest BCUT2D eigenvalue weighted by Crippen LogP contribution is 2.46. The topological polar surface area (TPSA) is 18.1 Å². The van der Waals surface area contributed by atoms with E-state index in [-0.39, 0.29) is 0 Å². The van der Waals surface area contributed by atoms with Gasteiger partial charge in [0, 0.05) is 38.4 Å². The fourth-order valence-corrected chi connectivity index (χ4v) is 9.64. The largest absolute Gasteiger partial charge is 0.455 e. The third kappa shape index (κ3) is 4.98. The standard InChI is InChI=1S/C56H37NO/c1-4-16-36(17-5-1)41-25-14-27-47-48-28-15-26-42(56(48)58-55(41)47)39-30-33-52-49(34-39)43-22-12-13-29-51(43)57(52)40-31-32-46-50(35-40)54(38-20-8-3-9-21-38)45-24-11-10-23-44(45)53(46)37-18-6-2-7-19-37/h2-4,6-35H,1,5H2. The summed E-state index contributed by atoms with van der Waals surface area (Å²) in [6, 6.07) is 66.5. The number of hydrogen-bond acceptors (Lipinski definition) is 1. The van der Waals surface area contributed by atoms with Crippen LogP contribution in [-0.2, 0) is 0 Å². The molecule has 1 aliphatic rings. The molecule has 0 bridgehead atoms. The van der Waals surface area contributed by atoms with Gasteiger partial charge in [0.05, 0.1) is 11.0 Å². The molecule has 2 aromatic heterocycles. The van der Waals surface area contributed by atoms with Crippen LogP contribution < -0.4 is 0 Å². The molecule has 0 saturated carbocycles. The number of furan rings is 1. The van der Waals surface area contributed by atoms with Gasteiger partial charge < -0.3 is 8.98 Å². The molecule has 0 fully saturated rings. The van der Waals surface area contributed by atoms with Crippen molar-refractivity contribution in [3.63, 3.8) is 0 Å². The first-order valence-electron chi connectivity index (χ1n) is 20.2. The third-order valence-corrected chi connectivity index (χ3v) is 12.2. The van der Waals surface area contributed by atoms with Crippen molar-refractivity contribution in [3.8, 4) is 39.1 Å². The van der Waals surface area contributed by atoms with Crippen LogP contribution in [0.3, 0.4) is 0 Å². The molecule has 11 aromatic rings. The van der Waals surface area contributed by atoms with Crippen LogP contribution in [0.25, 0.3) is 110 Å². The maximum absolute atomic E-state index is 6.88. The first-order valence-corrected chi connectivity index (χ1v) is 20.2. The Hall–Kier alpha value is -7.42. The maximum Gasteiger partial charge on any atom is 0.143 e. The predicted octanol–water partition coefficient (Wildman–Crippen LogP) is 15.7. The minimum absolute atomic E-state index is 0.929. The Morgan fingerprint density at radius 2 is 0.966 bits per heavy atom. The maximum atomic E-state index is 6.88. The molecule has 0 amide bonds. The molecular weight excluding hydrogens is 703 g/mol. The summed E-state index contributed by atoms with van der Waals surface area (Å²) in [6.07, 6.45) is 8.97. The van der Waals surface area contributed by atoms with Crippen LogP contribution in [0.5, 0.6) is 0 Å². The van der Waals surface area contributed by atoms with E-state index in [9.17, 15) is 0 Å². The molecule has 272 valence electrons. The Morgan fingerprint density at radius 1 is 0.379 bits per heavy atom. The van der Waals surface area contributed by atoms with E-state index in [1.165, 1.54) is 71.2 Å². The quantitative estimate of drug-likeness (QED) is 0.161. The molecule has 9 aromatic carbocycles. The van der Waals surface area contributed by atoms with Crippen molar-refractivity contribution in [2.45, 2.75) is 12.8 Å². The van der Waals surface area contributed by atoms with Gasteiger partial charge in [0.15, 0.2) is 0 Å². The van der Waals surface area contributed by atoms with Crippen molar-refractivity contribution in [2.24, 2.45) is 0 Å². The predicted molar refractivity (Wildman–Crippen MR) is 246 cm³/mol. The number of aromatic nitrogens is 1. The highest BCUT2D eigenvalue weighted by atomic mass is 16.3. The SMILES string of the molecule is C1=CC(c2cccc3c2oc2c(-c4ccc5c(c4)c4ccccc4n5-c4ccc5c(-c6ccccc6)c6ccccc6c(-c6ccccc6)c5c4)cccc23)=CCC1. The Labute approximate surface area is 336 Å². The van der Waals surface area contributed by atoms with Crippen LogP contribution in [0.4, 0.5) is 0 Å². The fraction of sp³-hybridized carbons (Fsp3) is 0.0357.